The van der Waals surface area contributed by atoms with Crippen LogP contribution in [-0.4, -0.2) is 40.2 Å². The van der Waals surface area contributed by atoms with Gasteiger partial charge in [0.15, 0.2) is 0 Å². The van der Waals surface area contributed by atoms with Crippen LogP contribution in [0.3, 0.4) is 0 Å². The van der Waals surface area contributed by atoms with Crippen LogP contribution < -0.4 is 8.35 Å². The summed E-state index contributed by atoms with van der Waals surface area (Å²) in [6.45, 7) is 1.08. The van der Waals surface area contributed by atoms with E-state index in [0.29, 0.717) is 13.2 Å². The van der Waals surface area contributed by atoms with Crippen LogP contribution in [0.2, 0.25) is 0 Å². The molecule has 1 atom stereocenters. The van der Waals surface area contributed by atoms with Gasteiger partial charge in [-0.2, -0.15) is 0 Å². The van der Waals surface area contributed by atoms with Crippen molar-refractivity contribution in [3.8, 4) is 5.75 Å². The van der Waals surface area contributed by atoms with E-state index in [-0.39, 0.29) is 6.10 Å². The predicted octanol–water partition coefficient (Wildman–Crippen LogP) is 3.79. The Balaban J connectivity index is 1.48. The van der Waals surface area contributed by atoms with E-state index >= 15 is 0 Å². The van der Waals surface area contributed by atoms with Crippen molar-refractivity contribution >= 4 is 24.5 Å². The van der Waals surface area contributed by atoms with Gasteiger partial charge in [-0.3, -0.25) is 0 Å². The van der Waals surface area contributed by atoms with Crippen LogP contribution in [0.4, 0.5) is 13.2 Å². The summed E-state index contributed by atoms with van der Waals surface area (Å²) in [6, 6.07) is 15.1. The molecule has 0 saturated carbocycles. The zero-order chi connectivity index (χ0) is 17.7. The summed E-state index contributed by atoms with van der Waals surface area (Å²) in [6.07, 6.45) is -3.42. The van der Waals surface area contributed by atoms with Crippen LogP contribution in [0.5, 0.6) is 5.75 Å². The first-order valence-corrected chi connectivity index (χ1v) is 10.3. The van der Waals surface area contributed by atoms with Crippen molar-refractivity contribution < 1.29 is 22.6 Å². The second-order valence-corrected chi connectivity index (χ2v) is 8.37. The molecule has 1 aliphatic rings. The Morgan fingerprint density at radius 2 is 1.80 bits per heavy atom. The van der Waals surface area contributed by atoms with Gasteiger partial charge in [0.05, 0.1) is 0 Å². The van der Waals surface area contributed by atoms with E-state index in [1.165, 1.54) is 5.57 Å². The Morgan fingerprint density at radius 3 is 2.48 bits per heavy atom. The zero-order valence-corrected chi connectivity index (χ0v) is 15.7. The summed E-state index contributed by atoms with van der Waals surface area (Å²) in [5, 5.41) is 0. The first-order chi connectivity index (χ1) is 12.0. The Labute approximate surface area is 154 Å². The average molecular weight is 462 g/mol. The molecule has 2 nitrogen and oxygen atoms in total. The van der Waals surface area contributed by atoms with Gasteiger partial charge >= 0.3 is 155 Å². The van der Waals surface area contributed by atoms with Crippen LogP contribution in [0, 0.1) is 0 Å². The molecule has 1 aliphatic heterocycles. The fourth-order valence-electron chi connectivity index (χ4n) is 2.40. The molecule has 0 aliphatic carbocycles. The molecule has 0 N–H and O–H groups in total. The monoisotopic (exact) mass is 464 g/mol. The third-order valence-electron chi connectivity index (χ3n) is 3.72. The van der Waals surface area contributed by atoms with Crippen molar-refractivity contribution in [3.63, 3.8) is 0 Å². The first-order valence-electron chi connectivity index (χ1n) is 7.82. The number of hydrogen-bond acceptors (Lipinski definition) is 2. The van der Waals surface area contributed by atoms with Crippen molar-refractivity contribution in [1.82, 2.24) is 0 Å². The van der Waals surface area contributed by atoms with Gasteiger partial charge in [0.2, 0.25) is 0 Å². The maximum atomic E-state index is 12.6. The van der Waals surface area contributed by atoms with Gasteiger partial charge in [-0.05, 0) is 0 Å². The van der Waals surface area contributed by atoms with Gasteiger partial charge in [0, 0.05) is 0 Å². The molecule has 1 saturated heterocycles. The summed E-state index contributed by atoms with van der Waals surface area (Å²) in [4.78, 5) is 0. The van der Waals surface area contributed by atoms with Gasteiger partial charge in [0.25, 0.3) is 0 Å². The third-order valence-corrected chi connectivity index (χ3v) is 6.56. The molecule has 0 radical (unpaired) electrons. The van der Waals surface area contributed by atoms with E-state index in [4.69, 9.17) is 9.47 Å². The van der Waals surface area contributed by atoms with Gasteiger partial charge < -0.3 is 0 Å². The minimum absolute atomic E-state index is 0.0338. The Hall–Kier alpha value is -1.48. The standard InChI is InChI=1S/C19H17F3O2Te/c20-19(21,22)15-6-8-18(9-7-15)25-13-14-10-17(23-11-14)12-24-16-4-2-1-3-5-16/h1-9,13,17H,10-12H2/b14-13+. The van der Waals surface area contributed by atoms with E-state index in [0.717, 1.165) is 27.9 Å². The summed E-state index contributed by atoms with van der Waals surface area (Å²) < 4.78 is 52.2. The normalized spacial score (nSPS) is 19.3. The molecule has 0 bridgehead atoms. The van der Waals surface area contributed by atoms with Crippen LogP contribution in [0.25, 0.3) is 0 Å². The Morgan fingerprint density at radius 1 is 1.08 bits per heavy atom. The van der Waals surface area contributed by atoms with Gasteiger partial charge in [-0.25, -0.2) is 0 Å². The predicted molar refractivity (Wildman–Crippen MR) is 91.2 cm³/mol. The van der Waals surface area contributed by atoms with Gasteiger partial charge in [-0.15, -0.1) is 0 Å². The van der Waals surface area contributed by atoms with Crippen LogP contribution in [-0.2, 0) is 10.9 Å². The Bertz CT molecular complexity index is 712. The fourth-order valence-corrected chi connectivity index (χ4v) is 4.57. The molecule has 2 aromatic rings. The van der Waals surface area contributed by atoms with Crippen LogP contribution in [0.15, 0.2) is 64.3 Å². The van der Waals surface area contributed by atoms with Crippen molar-refractivity contribution in [2.45, 2.75) is 18.7 Å². The number of alkyl halides is 3. The van der Waals surface area contributed by atoms with E-state index in [2.05, 4.69) is 4.12 Å². The number of ether oxygens (including phenoxy) is 2. The molecule has 25 heavy (non-hydrogen) atoms. The Kier molecular flexibility index (Phi) is 6.06. The maximum absolute atomic E-state index is 12.6. The molecule has 132 valence electrons. The summed E-state index contributed by atoms with van der Waals surface area (Å²) >= 11 is -0.652. The van der Waals surface area contributed by atoms with E-state index < -0.39 is 32.7 Å². The second-order valence-electron chi connectivity index (χ2n) is 5.68. The topological polar surface area (TPSA) is 18.5 Å². The summed E-state index contributed by atoms with van der Waals surface area (Å²) in [7, 11) is 0. The molecule has 0 amide bonds. The quantitative estimate of drug-likeness (QED) is 0.631. The summed E-state index contributed by atoms with van der Waals surface area (Å²) in [5.74, 6) is 0.821. The van der Waals surface area contributed by atoms with E-state index in [1.54, 1.807) is 12.1 Å². The number of rotatable bonds is 5. The number of benzene rings is 2. The second kappa shape index (κ2) is 8.27. The molecule has 1 unspecified atom stereocenters. The van der Waals surface area contributed by atoms with E-state index in [1.807, 2.05) is 30.3 Å². The fraction of sp³-hybridized carbons (Fsp3) is 0.263. The molecule has 0 aromatic heterocycles. The zero-order valence-electron chi connectivity index (χ0n) is 13.3. The average Bonchev–Trinajstić information content (AvgIpc) is 3.07. The molecule has 2 aromatic carbocycles. The molecule has 1 fully saturated rings. The van der Waals surface area contributed by atoms with Gasteiger partial charge in [0.1, 0.15) is 0 Å². The molecule has 0 spiro atoms. The number of hydrogen-bond donors (Lipinski definition) is 0. The molecule has 6 heteroatoms. The van der Waals surface area contributed by atoms with Crippen molar-refractivity contribution in [3.05, 3.63) is 69.9 Å². The number of halogens is 3. The van der Waals surface area contributed by atoms with Crippen LogP contribution in [0.1, 0.15) is 12.0 Å². The SMILES string of the molecule is FC(F)(F)c1ccc([Te]/C=C2/COC(COc3ccccc3)C2)cc1. The van der Waals surface area contributed by atoms with Crippen molar-refractivity contribution in [1.29, 1.82) is 0 Å². The van der Waals surface area contributed by atoms with E-state index in [9.17, 15) is 13.2 Å². The molecule has 1 heterocycles. The molecular weight excluding hydrogens is 445 g/mol. The summed E-state index contributed by atoms with van der Waals surface area (Å²) in [5.41, 5.74) is 0.614. The minimum atomic E-state index is -4.27. The van der Waals surface area contributed by atoms with Crippen molar-refractivity contribution in [2.24, 2.45) is 0 Å². The molecule has 3 rings (SSSR count). The van der Waals surface area contributed by atoms with Crippen molar-refractivity contribution in [2.75, 3.05) is 13.2 Å². The third kappa shape index (κ3) is 5.50. The first kappa shape index (κ1) is 18.3. The molecular formula is C19H17F3O2Te. The number of para-hydroxylation sites is 1. The van der Waals surface area contributed by atoms with Gasteiger partial charge in [-0.1, -0.05) is 0 Å². The van der Waals surface area contributed by atoms with Crippen LogP contribution >= 0.6 is 0 Å².